The highest BCUT2D eigenvalue weighted by Gasteiger charge is 2.34. The summed E-state index contributed by atoms with van der Waals surface area (Å²) in [5.74, 6) is 1.21. The molecule has 2 atom stereocenters. The van der Waals surface area contributed by atoms with Gasteiger partial charge in [0.1, 0.15) is 6.04 Å². The number of amides is 2. The fourth-order valence-electron chi connectivity index (χ4n) is 2.12. The van der Waals surface area contributed by atoms with Gasteiger partial charge >= 0.3 is 12.0 Å². The van der Waals surface area contributed by atoms with Crippen molar-refractivity contribution in [1.29, 1.82) is 0 Å². The molecule has 0 aromatic heterocycles. The first-order valence-corrected chi connectivity index (χ1v) is 8.35. The van der Waals surface area contributed by atoms with Crippen molar-refractivity contribution in [3.05, 3.63) is 0 Å². The van der Waals surface area contributed by atoms with Gasteiger partial charge in [0, 0.05) is 17.5 Å². The van der Waals surface area contributed by atoms with Crippen molar-refractivity contribution < 1.29 is 14.7 Å². The average molecular weight is 290 g/mol. The van der Waals surface area contributed by atoms with Crippen LogP contribution < -0.4 is 5.32 Å². The van der Waals surface area contributed by atoms with Crippen molar-refractivity contribution >= 4 is 35.5 Å². The van der Waals surface area contributed by atoms with Crippen LogP contribution in [-0.2, 0) is 4.79 Å². The Balaban J connectivity index is 1.78. The summed E-state index contributed by atoms with van der Waals surface area (Å²) < 4.78 is 0. The first-order valence-electron chi connectivity index (χ1n) is 6.15. The third kappa shape index (κ3) is 3.47. The number of thioether (sulfide) groups is 2. The zero-order chi connectivity index (χ0) is 13.0. The third-order valence-corrected chi connectivity index (χ3v) is 5.59. The molecule has 2 fully saturated rings. The second-order valence-corrected chi connectivity index (χ2v) is 6.91. The lowest BCUT2D eigenvalue weighted by molar-refractivity contribution is -0.140. The molecule has 2 rings (SSSR count). The summed E-state index contributed by atoms with van der Waals surface area (Å²) in [5.41, 5.74) is 0. The molecule has 2 N–H and O–H groups in total. The molecule has 2 aliphatic heterocycles. The van der Waals surface area contributed by atoms with Gasteiger partial charge in [-0.25, -0.2) is 9.59 Å². The Morgan fingerprint density at radius 1 is 1.39 bits per heavy atom. The third-order valence-electron chi connectivity index (χ3n) is 3.18. The summed E-state index contributed by atoms with van der Waals surface area (Å²) in [7, 11) is 0. The number of hydrogen-bond acceptors (Lipinski definition) is 4. The first kappa shape index (κ1) is 13.9. The molecule has 5 nitrogen and oxygen atoms in total. The SMILES string of the molecule is O=C(O)[C@@H]1CSCN1C(=O)NCC1CCCCS1. The van der Waals surface area contributed by atoms with Gasteiger partial charge in [0.15, 0.2) is 0 Å². The number of aliphatic carboxylic acids is 1. The monoisotopic (exact) mass is 290 g/mol. The van der Waals surface area contributed by atoms with Gasteiger partial charge in [-0.15, -0.1) is 11.8 Å². The molecule has 0 spiro atoms. The minimum Gasteiger partial charge on any atom is -0.480 e. The Morgan fingerprint density at radius 2 is 2.22 bits per heavy atom. The quantitative estimate of drug-likeness (QED) is 0.823. The van der Waals surface area contributed by atoms with E-state index in [4.69, 9.17) is 5.11 Å². The van der Waals surface area contributed by atoms with Crippen molar-refractivity contribution in [3.63, 3.8) is 0 Å². The number of nitrogens with one attached hydrogen (secondary N) is 1. The van der Waals surface area contributed by atoms with Crippen molar-refractivity contribution in [3.8, 4) is 0 Å². The van der Waals surface area contributed by atoms with Crippen molar-refractivity contribution in [2.75, 3.05) is 23.9 Å². The van der Waals surface area contributed by atoms with E-state index in [0.717, 1.165) is 12.2 Å². The van der Waals surface area contributed by atoms with E-state index in [-0.39, 0.29) is 6.03 Å². The average Bonchev–Trinajstić information content (AvgIpc) is 2.86. The molecule has 18 heavy (non-hydrogen) atoms. The van der Waals surface area contributed by atoms with Gasteiger partial charge in [0.05, 0.1) is 5.88 Å². The second-order valence-electron chi connectivity index (χ2n) is 4.50. The van der Waals surface area contributed by atoms with Crippen LogP contribution in [0.15, 0.2) is 0 Å². The maximum Gasteiger partial charge on any atom is 0.327 e. The summed E-state index contributed by atoms with van der Waals surface area (Å²) in [6, 6.07) is -0.910. The standard InChI is InChI=1S/C11H18N2O3S2/c14-10(15)9-6-17-7-13(9)11(16)12-5-8-3-1-2-4-18-8/h8-9H,1-7H2,(H,12,16)(H,14,15)/t8?,9-/m0/s1. The van der Waals surface area contributed by atoms with Crippen LogP contribution in [0.5, 0.6) is 0 Å². The zero-order valence-corrected chi connectivity index (χ0v) is 11.8. The van der Waals surface area contributed by atoms with Crippen LogP contribution in [0.25, 0.3) is 0 Å². The van der Waals surface area contributed by atoms with Crippen LogP contribution in [0, 0.1) is 0 Å². The molecule has 1 unspecified atom stereocenters. The van der Waals surface area contributed by atoms with Gasteiger partial charge in [-0.1, -0.05) is 6.42 Å². The molecular formula is C11H18N2O3S2. The normalized spacial score (nSPS) is 28.1. The predicted molar refractivity (Wildman–Crippen MR) is 74.1 cm³/mol. The summed E-state index contributed by atoms with van der Waals surface area (Å²) in [5, 5.41) is 12.4. The lowest BCUT2D eigenvalue weighted by atomic mass is 10.2. The Morgan fingerprint density at radius 3 is 2.89 bits per heavy atom. The summed E-state index contributed by atoms with van der Waals surface area (Å²) >= 11 is 3.39. The van der Waals surface area contributed by atoms with Gasteiger partial charge in [-0.3, -0.25) is 0 Å². The number of hydrogen-bond donors (Lipinski definition) is 2. The molecule has 2 aliphatic rings. The van der Waals surface area contributed by atoms with Gasteiger partial charge in [0.25, 0.3) is 0 Å². The lowest BCUT2D eigenvalue weighted by Crippen LogP contribution is -2.48. The summed E-state index contributed by atoms with van der Waals surface area (Å²) in [6.07, 6.45) is 3.63. The molecular weight excluding hydrogens is 272 g/mol. The van der Waals surface area contributed by atoms with E-state index >= 15 is 0 Å². The lowest BCUT2D eigenvalue weighted by Gasteiger charge is -2.25. The molecule has 0 aromatic rings. The van der Waals surface area contributed by atoms with Gasteiger partial charge in [-0.05, 0) is 18.6 Å². The molecule has 0 bridgehead atoms. The van der Waals surface area contributed by atoms with E-state index in [9.17, 15) is 9.59 Å². The zero-order valence-electron chi connectivity index (χ0n) is 10.1. The van der Waals surface area contributed by atoms with Crippen molar-refractivity contribution in [2.24, 2.45) is 0 Å². The van der Waals surface area contributed by atoms with Crippen LogP contribution in [-0.4, -0.2) is 57.2 Å². The minimum atomic E-state index is -0.915. The van der Waals surface area contributed by atoms with Gasteiger partial charge < -0.3 is 15.3 Å². The number of carboxylic acids is 1. The molecule has 0 aliphatic carbocycles. The number of carbonyl (C=O) groups excluding carboxylic acids is 1. The largest absolute Gasteiger partial charge is 0.480 e. The van der Waals surface area contributed by atoms with Crippen molar-refractivity contribution in [2.45, 2.75) is 30.6 Å². The first-order chi connectivity index (χ1) is 8.68. The Kier molecular flexibility index (Phi) is 5.05. The molecule has 102 valence electrons. The molecule has 0 aromatic carbocycles. The summed E-state index contributed by atoms with van der Waals surface area (Å²) in [6.45, 7) is 0.650. The van der Waals surface area contributed by atoms with Crippen LogP contribution in [0.1, 0.15) is 19.3 Å². The van der Waals surface area contributed by atoms with Gasteiger partial charge in [-0.2, -0.15) is 11.8 Å². The highest BCUT2D eigenvalue weighted by molar-refractivity contribution is 8.00. The highest BCUT2D eigenvalue weighted by Crippen LogP contribution is 2.25. The van der Waals surface area contributed by atoms with Crippen molar-refractivity contribution in [1.82, 2.24) is 10.2 Å². The Bertz CT molecular complexity index is 321. The molecule has 0 radical (unpaired) electrons. The fraction of sp³-hybridized carbons (Fsp3) is 0.818. The second kappa shape index (κ2) is 6.56. The van der Waals surface area contributed by atoms with E-state index in [0.29, 0.717) is 23.4 Å². The van der Waals surface area contributed by atoms with E-state index in [1.807, 2.05) is 11.8 Å². The van der Waals surface area contributed by atoms with Crippen LogP contribution >= 0.6 is 23.5 Å². The fourth-order valence-corrected chi connectivity index (χ4v) is 4.50. The van der Waals surface area contributed by atoms with Crippen LogP contribution in [0.2, 0.25) is 0 Å². The number of carboxylic acid groups (broad SMARTS) is 1. The van der Waals surface area contributed by atoms with E-state index in [1.165, 1.54) is 29.5 Å². The minimum absolute atomic E-state index is 0.237. The predicted octanol–water partition coefficient (Wildman–Crippen LogP) is 1.44. The molecule has 0 saturated carbocycles. The Labute approximate surface area is 115 Å². The highest BCUT2D eigenvalue weighted by atomic mass is 32.2. The van der Waals surface area contributed by atoms with E-state index in [1.54, 1.807) is 0 Å². The molecule has 2 amide bonds. The van der Waals surface area contributed by atoms with E-state index in [2.05, 4.69) is 5.32 Å². The molecule has 2 saturated heterocycles. The van der Waals surface area contributed by atoms with Crippen LogP contribution in [0.3, 0.4) is 0 Å². The molecule has 7 heteroatoms. The molecule has 2 heterocycles. The summed E-state index contributed by atoms with van der Waals surface area (Å²) in [4.78, 5) is 24.3. The maximum absolute atomic E-state index is 11.9. The number of urea groups is 1. The maximum atomic E-state index is 11.9. The van der Waals surface area contributed by atoms with Gasteiger partial charge in [0.2, 0.25) is 0 Å². The topological polar surface area (TPSA) is 69.6 Å². The van der Waals surface area contributed by atoms with Crippen LogP contribution in [0.4, 0.5) is 4.79 Å². The van der Waals surface area contributed by atoms with E-state index < -0.39 is 12.0 Å². The number of nitrogens with zero attached hydrogens (tertiary/aromatic N) is 1. The smallest absolute Gasteiger partial charge is 0.327 e. The number of rotatable bonds is 3. The number of carbonyl (C=O) groups is 2. The Hall–Kier alpha value is -0.560.